The Morgan fingerprint density at radius 2 is 1.36 bits per heavy atom. The monoisotopic (exact) mass is 400 g/mol. The van der Waals surface area contributed by atoms with Crippen LogP contribution in [0.3, 0.4) is 0 Å². The van der Waals surface area contributed by atoms with E-state index in [0.29, 0.717) is 0 Å². The number of hydrogen-bond acceptors (Lipinski definition) is 2. The van der Waals surface area contributed by atoms with Crippen LogP contribution in [0.5, 0.6) is 0 Å². The van der Waals surface area contributed by atoms with E-state index in [1.165, 1.54) is 0 Å². The highest BCUT2D eigenvalue weighted by molar-refractivity contribution is 5.92. The Morgan fingerprint density at radius 1 is 0.893 bits per heavy atom. The Balaban J connectivity index is 0.00000280. The molecule has 0 unspecified atom stereocenters. The van der Waals surface area contributed by atoms with Gasteiger partial charge in [-0.15, -0.1) is 12.4 Å². The summed E-state index contributed by atoms with van der Waals surface area (Å²) in [5, 5.41) is 0. The Kier molecular flexibility index (Phi) is 8.53. The van der Waals surface area contributed by atoms with Crippen molar-refractivity contribution < 1.29 is 4.79 Å². The van der Waals surface area contributed by atoms with Crippen LogP contribution >= 0.6 is 12.4 Å². The first kappa shape index (κ1) is 22.4. The minimum atomic E-state index is -0.616. The van der Waals surface area contributed by atoms with Gasteiger partial charge in [0.25, 0.3) is 0 Å². The number of hydrogen-bond donors (Lipinski definition) is 0. The molecule has 0 spiro atoms. The van der Waals surface area contributed by atoms with E-state index in [0.717, 1.165) is 63.1 Å². The van der Waals surface area contributed by atoms with Gasteiger partial charge in [0.05, 0.1) is 0 Å². The summed E-state index contributed by atoms with van der Waals surface area (Å²) in [6.07, 6.45) is 3.03. The third-order valence-corrected chi connectivity index (χ3v) is 5.99. The van der Waals surface area contributed by atoms with Gasteiger partial charge >= 0.3 is 0 Å². The molecule has 0 atom stereocenters. The maximum Gasteiger partial charge on any atom is 0.237 e. The van der Waals surface area contributed by atoms with Crippen molar-refractivity contribution in [3.8, 4) is 0 Å². The molecule has 0 N–H and O–H groups in total. The SMILES string of the molecule is CCN(CC)CCC(C(=O)N1CCCC1)(c1ccccc1)c1ccccc1.Cl. The normalized spacial score (nSPS) is 14.2. The Morgan fingerprint density at radius 3 is 1.79 bits per heavy atom. The van der Waals surface area contributed by atoms with Crippen molar-refractivity contribution in [2.75, 3.05) is 32.7 Å². The van der Waals surface area contributed by atoms with Crippen LogP contribution in [0.1, 0.15) is 44.2 Å². The molecule has 3 rings (SSSR count). The lowest BCUT2D eigenvalue weighted by molar-refractivity contribution is -0.135. The van der Waals surface area contributed by atoms with Crippen molar-refractivity contribution in [1.82, 2.24) is 9.80 Å². The summed E-state index contributed by atoms with van der Waals surface area (Å²) >= 11 is 0. The van der Waals surface area contributed by atoms with Gasteiger partial charge in [0.15, 0.2) is 0 Å². The molecule has 28 heavy (non-hydrogen) atoms. The molecular formula is C24H33ClN2O. The molecule has 2 aromatic carbocycles. The number of likely N-dealkylation sites (tertiary alicyclic amines) is 1. The average Bonchev–Trinajstić information content (AvgIpc) is 3.27. The maximum atomic E-state index is 14.0. The van der Waals surface area contributed by atoms with Gasteiger partial charge in [0, 0.05) is 13.1 Å². The summed E-state index contributed by atoms with van der Waals surface area (Å²) in [6.45, 7) is 9.08. The van der Waals surface area contributed by atoms with Crippen molar-refractivity contribution in [2.24, 2.45) is 0 Å². The molecular weight excluding hydrogens is 368 g/mol. The van der Waals surface area contributed by atoms with Crippen LogP contribution in [0.4, 0.5) is 0 Å². The van der Waals surface area contributed by atoms with Gasteiger partial charge in [-0.1, -0.05) is 74.5 Å². The molecule has 2 aromatic rings. The van der Waals surface area contributed by atoms with E-state index in [9.17, 15) is 4.79 Å². The second-order valence-corrected chi connectivity index (χ2v) is 7.41. The van der Waals surface area contributed by atoms with E-state index in [1.54, 1.807) is 0 Å². The van der Waals surface area contributed by atoms with E-state index in [-0.39, 0.29) is 18.3 Å². The molecule has 0 radical (unpaired) electrons. The molecule has 1 amide bonds. The third kappa shape index (κ3) is 4.59. The molecule has 3 nitrogen and oxygen atoms in total. The van der Waals surface area contributed by atoms with Crippen molar-refractivity contribution in [3.63, 3.8) is 0 Å². The number of carbonyl (C=O) groups is 1. The predicted molar refractivity (Wildman–Crippen MR) is 119 cm³/mol. The molecule has 152 valence electrons. The minimum absolute atomic E-state index is 0. The molecule has 4 heteroatoms. The first-order chi connectivity index (χ1) is 13.2. The molecule has 0 aliphatic carbocycles. The largest absolute Gasteiger partial charge is 0.342 e. The summed E-state index contributed by atoms with van der Waals surface area (Å²) in [7, 11) is 0. The fourth-order valence-corrected chi connectivity index (χ4v) is 4.31. The van der Waals surface area contributed by atoms with E-state index in [4.69, 9.17) is 0 Å². The lowest BCUT2D eigenvalue weighted by Gasteiger charge is -2.38. The molecule has 0 saturated carbocycles. The molecule has 1 saturated heterocycles. The van der Waals surface area contributed by atoms with Crippen LogP contribution in [-0.4, -0.2) is 48.4 Å². The predicted octanol–water partition coefficient (Wildman–Crippen LogP) is 4.75. The van der Waals surface area contributed by atoms with Gasteiger partial charge in [-0.3, -0.25) is 4.79 Å². The highest BCUT2D eigenvalue weighted by atomic mass is 35.5. The highest BCUT2D eigenvalue weighted by Crippen LogP contribution is 2.38. The number of carbonyl (C=O) groups excluding carboxylic acids is 1. The highest BCUT2D eigenvalue weighted by Gasteiger charge is 2.44. The van der Waals surface area contributed by atoms with E-state index >= 15 is 0 Å². The number of amides is 1. The first-order valence-electron chi connectivity index (χ1n) is 10.3. The summed E-state index contributed by atoms with van der Waals surface area (Å²) in [5.41, 5.74) is 1.61. The zero-order valence-electron chi connectivity index (χ0n) is 17.1. The van der Waals surface area contributed by atoms with Gasteiger partial charge < -0.3 is 9.80 Å². The van der Waals surface area contributed by atoms with Crippen LogP contribution in [-0.2, 0) is 10.2 Å². The molecule has 1 aliphatic rings. The zero-order chi connectivity index (χ0) is 19.1. The smallest absolute Gasteiger partial charge is 0.237 e. The molecule has 0 bridgehead atoms. The summed E-state index contributed by atoms with van der Waals surface area (Å²) in [5.74, 6) is 0.268. The van der Waals surface area contributed by atoms with Crippen molar-refractivity contribution in [1.29, 1.82) is 0 Å². The Labute approximate surface area is 176 Å². The van der Waals surface area contributed by atoms with Gasteiger partial charge in [0.2, 0.25) is 5.91 Å². The van der Waals surface area contributed by atoms with Gasteiger partial charge in [-0.05, 0) is 50.0 Å². The summed E-state index contributed by atoms with van der Waals surface area (Å²) < 4.78 is 0. The van der Waals surface area contributed by atoms with E-state index in [2.05, 4.69) is 72.2 Å². The van der Waals surface area contributed by atoms with Crippen molar-refractivity contribution >= 4 is 18.3 Å². The fourth-order valence-electron chi connectivity index (χ4n) is 4.31. The molecule has 1 fully saturated rings. The fraction of sp³-hybridized carbons (Fsp3) is 0.458. The van der Waals surface area contributed by atoms with Crippen LogP contribution < -0.4 is 0 Å². The number of nitrogens with zero attached hydrogens (tertiary/aromatic N) is 2. The number of benzene rings is 2. The Bertz CT molecular complexity index is 670. The standard InChI is InChI=1S/C24H32N2O.ClH/c1-3-25(4-2)20-17-24(21-13-7-5-8-14-21,22-15-9-6-10-16-22)23(27)26-18-11-12-19-26;/h5-10,13-16H,3-4,11-12,17-20H2,1-2H3;1H. The quantitative estimate of drug-likeness (QED) is 0.638. The van der Waals surface area contributed by atoms with Crippen LogP contribution in [0.15, 0.2) is 60.7 Å². The molecule has 1 heterocycles. The molecule has 0 aromatic heterocycles. The lowest BCUT2D eigenvalue weighted by Crippen LogP contribution is -2.48. The number of halogens is 1. The van der Waals surface area contributed by atoms with Crippen molar-refractivity contribution in [3.05, 3.63) is 71.8 Å². The average molecular weight is 401 g/mol. The lowest BCUT2D eigenvalue weighted by atomic mass is 9.70. The number of rotatable bonds is 8. The minimum Gasteiger partial charge on any atom is -0.342 e. The zero-order valence-corrected chi connectivity index (χ0v) is 18.0. The van der Waals surface area contributed by atoms with Crippen LogP contribution in [0, 0.1) is 0 Å². The Hall–Kier alpha value is -1.84. The van der Waals surface area contributed by atoms with Gasteiger partial charge in [-0.2, -0.15) is 0 Å². The maximum absolute atomic E-state index is 14.0. The molecule has 1 aliphatic heterocycles. The van der Waals surface area contributed by atoms with Gasteiger partial charge in [-0.25, -0.2) is 0 Å². The second kappa shape index (κ2) is 10.6. The van der Waals surface area contributed by atoms with Crippen LogP contribution in [0.25, 0.3) is 0 Å². The summed E-state index contributed by atoms with van der Waals surface area (Å²) in [6, 6.07) is 20.8. The first-order valence-corrected chi connectivity index (χ1v) is 10.3. The van der Waals surface area contributed by atoms with Gasteiger partial charge in [0.1, 0.15) is 5.41 Å². The second-order valence-electron chi connectivity index (χ2n) is 7.41. The van der Waals surface area contributed by atoms with Crippen LogP contribution in [0.2, 0.25) is 0 Å². The summed E-state index contributed by atoms with van der Waals surface area (Å²) in [4.78, 5) is 18.5. The van der Waals surface area contributed by atoms with E-state index < -0.39 is 5.41 Å². The topological polar surface area (TPSA) is 23.6 Å². The third-order valence-electron chi connectivity index (χ3n) is 5.99. The van der Waals surface area contributed by atoms with Crippen molar-refractivity contribution in [2.45, 2.75) is 38.5 Å². The van der Waals surface area contributed by atoms with E-state index in [1.807, 2.05) is 12.1 Å².